The van der Waals surface area contributed by atoms with Crippen LogP contribution in [0, 0.1) is 0 Å². The summed E-state index contributed by atoms with van der Waals surface area (Å²) in [6, 6.07) is 7.03. The third-order valence-electron chi connectivity index (χ3n) is 3.24. The van der Waals surface area contributed by atoms with E-state index in [2.05, 4.69) is 5.32 Å². The van der Waals surface area contributed by atoms with Crippen LogP contribution in [0.4, 0.5) is 10.5 Å². The second kappa shape index (κ2) is 6.88. The minimum absolute atomic E-state index is 0.207. The molecule has 21 heavy (non-hydrogen) atoms. The summed E-state index contributed by atoms with van der Waals surface area (Å²) in [5.41, 5.74) is 1.77. The second-order valence-corrected chi connectivity index (χ2v) is 4.75. The van der Waals surface area contributed by atoms with E-state index in [0.29, 0.717) is 32.4 Å². The quantitative estimate of drug-likeness (QED) is 0.836. The molecule has 2 rings (SSSR count). The van der Waals surface area contributed by atoms with Crippen molar-refractivity contribution in [3.05, 3.63) is 29.8 Å². The summed E-state index contributed by atoms with van der Waals surface area (Å²) < 4.78 is 5.02. The van der Waals surface area contributed by atoms with E-state index in [9.17, 15) is 14.4 Å². The number of carbonyl (C=O) groups is 3. The molecule has 6 nitrogen and oxygen atoms in total. The number of hydrogen-bond donors (Lipinski definition) is 1. The SMILES string of the molecule is CCC(=O)OCCc1ccc(N2CCC(=O)NC2=O)cc1. The molecule has 1 heterocycles. The molecule has 0 atom stereocenters. The number of rotatable bonds is 5. The molecule has 1 aromatic rings. The smallest absolute Gasteiger partial charge is 0.328 e. The molecule has 0 saturated carbocycles. The fraction of sp³-hybridized carbons (Fsp3) is 0.400. The molecule has 0 radical (unpaired) electrons. The highest BCUT2D eigenvalue weighted by molar-refractivity contribution is 6.05. The number of benzene rings is 1. The van der Waals surface area contributed by atoms with Gasteiger partial charge in [0, 0.05) is 31.5 Å². The Kier molecular flexibility index (Phi) is 4.92. The number of urea groups is 1. The maximum Gasteiger partial charge on any atom is 0.328 e. The maximum atomic E-state index is 11.7. The van der Waals surface area contributed by atoms with Crippen molar-refractivity contribution in [3.63, 3.8) is 0 Å². The summed E-state index contributed by atoms with van der Waals surface area (Å²) in [7, 11) is 0. The van der Waals surface area contributed by atoms with Crippen LogP contribution in [0.1, 0.15) is 25.3 Å². The number of anilines is 1. The lowest BCUT2D eigenvalue weighted by Gasteiger charge is -2.26. The molecule has 1 N–H and O–H groups in total. The van der Waals surface area contributed by atoms with Crippen LogP contribution in [0.2, 0.25) is 0 Å². The van der Waals surface area contributed by atoms with E-state index in [4.69, 9.17) is 4.74 Å². The molecule has 1 aromatic carbocycles. The molecule has 112 valence electrons. The molecule has 0 spiro atoms. The van der Waals surface area contributed by atoms with Crippen molar-refractivity contribution < 1.29 is 19.1 Å². The zero-order chi connectivity index (χ0) is 15.2. The van der Waals surface area contributed by atoms with Crippen molar-refractivity contribution in [2.45, 2.75) is 26.2 Å². The van der Waals surface area contributed by atoms with Crippen molar-refractivity contribution in [2.24, 2.45) is 0 Å². The van der Waals surface area contributed by atoms with E-state index in [1.807, 2.05) is 24.3 Å². The maximum absolute atomic E-state index is 11.7. The molecule has 1 aliphatic rings. The van der Waals surface area contributed by atoms with E-state index < -0.39 is 6.03 Å². The van der Waals surface area contributed by atoms with E-state index in [1.54, 1.807) is 6.92 Å². The lowest BCUT2D eigenvalue weighted by molar-refractivity contribution is -0.143. The van der Waals surface area contributed by atoms with Gasteiger partial charge in [0.25, 0.3) is 0 Å². The Bertz CT molecular complexity index is 539. The van der Waals surface area contributed by atoms with E-state index in [0.717, 1.165) is 11.3 Å². The molecular formula is C15H18N2O4. The summed E-state index contributed by atoms with van der Waals surface area (Å²) in [5.74, 6) is -0.452. The molecule has 0 aliphatic carbocycles. The molecule has 1 saturated heterocycles. The van der Waals surface area contributed by atoms with Crippen molar-refractivity contribution in [2.75, 3.05) is 18.1 Å². The fourth-order valence-electron chi connectivity index (χ4n) is 2.04. The Morgan fingerprint density at radius 2 is 2.00 bits per heavy atom. The summed E-state index contributed by atoms with van der Waals surface area (Å²) in [6.45, 7) is 2.49. The highest BCUT2D eigenvalue weighted by atomic mass is 16.5. The van der Waals surface area contributed by atoms with Gasteiger partial charge in [0.05, 0.1) is 6.61 Å². The Morgan fingerprint density at radius 1 is 1.29 bits per heavy atom. The average Bonchev–Trinajstić information content (AvgIpc) is 2.48. The van der Waals surface area contributed by atoms with Crippen LogP contribution >= 0.6 is 0 Å². The molecular weight excluding hydrogens is 272 g/mol. The lowest BCUT2D eigenvalue weighted by Crippen LogP contribution is -2.49. The number of nitrogens with one attached hydrogen (secondary N) is 1. The first-order valence-corrected chi connectivity index (χ1v) is 6.96. The standard InChI is InChI=1S/C15H18N2O4/c1-2-14(19)21-10-8-11-3-5-12(6-4-11)17-9-7-13(18)16-15(17)20/h3-6H,2,7-10H2,1H3,(H,16,18,20). The predicted molar refractivity (Wildman–Crippen MR) is 76.9 cm³/mol. The predicted octanol–water partition coefficient (Wildman–Crippen LogP) is 1.63. The van der Waals surface area contributed by atoms with Gasteiger partial charge in [-0.15, -0.1) is 0 Å². The first-order valence-electron chi connectivity index (χ1n) is 6.96. The Hall–Kier alpha value is -2.37. The topological polar surface area (TPSA) is 75.7 Å². The third-order valence-corrected chi connectivity index (χ3v) is 3.24. The van der Waals surface area contributed by atoms with Gasteiger partial charge in [0.15, 0.2) is 0 Å². The van der Waals surface area contributed by atoms with Crippen LogP contribution in [0.3, 0.4) is 0 Å². The number of nitrogens with zero attached hydrogens (tertiary/aromatic N) is 1. The number of esters is 1. The zero-order valence-electron chi connectivity index (χ0n) is 11.9. The third kappa shape index (κ3) is 4.05. The number of carbonyl (C=O) groups excluding carboxylic acids is 3. The Labute approximate surface area is 123 Å². The van der Waals surface area contributed by atoms with Gasteiger partial charge in [0.1, 0.15) is 0 Å². The van der Waals surface area contributed by atoms with Crippen LogP contribution in [-0.4, -0.2) is 31.1 Å². The van der Waals surface area contributed by atoms with E-state index >= 15 is 0 Å². The Balaban J connectivity index is 1.91. The van der Waals surface area contributed by atoms with Gasteiger partial charge in [-0.25, -0.2) is 4.79 Å². The van der Waals surface area contributed by atoms with Gasteiger partial charge in [-0.1, -0.05) is 19.1 Å². The van der Waals surface area contributed by atoms with Crippen LogP contribution < -0.4 is 10.2 Å². The molecule has 0 aromatic heterocycles. The van der Waals surface area contributed by atoms with Gasteiger partial charge < -0.3 is 4.74 Å². The normalized spacial score (nSPS) is 14.8. The number of amides is 3. The van der Waals surface area contributed by atoms with Crippen molar-refractivity contribution in [1.82, 2.24) is 5.32 Å². The number of ether oxygens (including phenoxy) is 1. The molecule has 1 aliphatic heterocycles. The van der Waals surface area contributed by atoms with Gasteiger partial charge in [-0.05, 0) is 17.7 Å². The first kappa shape index (κ1) is 15.0. The van der Waals surface area contributed by atoms with E-state index in [1.165, 1.54) is 4.90 Å². The van der Waals surface area contributed by atoms with Crippen molar-refractivity contribution >= 4 is 23.6 Å². The van der Waals surface area contributed by atoms with Crippen molar-refractivity contribution in [3.8, 4) is 0 Å². The highest BCUT2D eigenvalue weighted by Gasteiger charge is 2.23. The van der Waals surface area contributed by atoms with Crippen LogP contribution in [-0.2, 0) is 20.7 Å². The van der Waals surface area contributed by atoms with Crippen LogP contribution in [0.15, 0.2) is 24.3 Å². The summed E-state index contributed by atoms with van der Waals surface area (Å²) in [4.78, 5) is 35.4. The molecule has 1 fully saturated rings. The largest absolute Gasteiger partial charge is 0.465 e. The molecule has 6 heteroatoms. The lowest BCUT2D eigenvalue weighted by atomic mass is 10.1. The van der Waals surface area contributed by atoms with Gasteiger partial charge >= 0.3 is 12.0 Å². The second-order valence-electron chi connectivity index (χ2n) is 4.75. The monoisotopic (exact) mass is 290 g/mol. The number of hydrogen-bond acceptors (Lipinski definition) is 4. The zero-order valence-corrected chi connectivity index (χ0v) is 11.9. The molecule has 3 amide bonds. The average molecular weight is 290 g/mol. The summed E-state index contributed by atoms with van der Waals surface area (Å²) >= 11 is 0. The highest BCUT2D eigenvalue weighted by Crippen LogP contribution is 2.18. The minimum atomic E-state index is -0.393. The van der Waals surface area contributed by atoms with Gasteiger partial charge in [-0.3, -0.25) is 19.8 Å². The number of imide groups is 1. The van der Waals surface area contributed by atoms with Crippen molar-refractivity contribution in [1.29, 1.82) is 0 Å². The van der Waals surface area contributed by atoms with Gasteiger partial charge in [0.2, 0.25) is 5.91 Å². The fourth-order valence-corrected chi connectivity index (χ4v) is 2.04. The Morgan fingerprint density at radius 3 is 2.62 bits per heavy atom. The van der Waals surface area contributed by atoms with Gasteiger partial charge in [-0.2, -0.15) is 0 Å². The first-order chi connectivity index (χ1) is 10.1. The summed E-state index contributed by atoms with van der Waals surface area (Å²) in [5, 5.41) is 2.29. The molecule has 0 bridgehead atoms. The summed E-state index contributed by atoms with van der Waals surface area (Å²) in [6.07, 6.45) is 1.32. The van der Waals surface area contributed by atoms with E-state index in [-0.39, 0.29) is 11.9 Å². The van der Waals surface area contributed by atoms with Crippen LogP contribution in [0.25, 0.3) is 0 Å². The molecule has 0 unspecified atom stereocenters. The van der Waals surface area contributed by atoms with Crippen LogP contribution in [0.5, 0.6) is 0 Å². The minimum Gasteiger partial charge on any atom is -0.465 e.